The smallest absolute Gasteiger partial charge is 0.0572 e. The minimum atomic E-state index is 0.690. The van der Waals surface area contributed by atoms with Gasteiger partial charge in [0.2, 0.25) is 0 Å². The van der Waals surface area contributed by atoms with Gasteiger partial charge in [-0.05, 0) is 51.3 Å². The van der Waals surface area contributed by atoms with E-state index in [4.69, 9.17) is 5.73 Å². The Hall–Kier alpha value is -0.960. The largest absolute Gasteiger partial charge is 0.401 e. The zero-order valence-electron chi connectivity index (χ0n) is 8.82. The van der Waals surface area contributed by atoms with Gasteiger partial charge in [-0.25, -0.2) is 0 Å². The van der Waals surface area contributed by atoms with Crippen LogP contribution in [0, 0.1) is 0 Å². The Morgan fingerprint density at radius 3 is 2.71 bits per heavy atom. The molecular weight excluding hydrogens is 174 g/mol. The number of allylic oxidation sites excluding steroid dienone is 2. The van der Waals surface area contributed by atoms with E-state index in [1.165, 1.54) is 25.9 Å². The first kappa shape index (κ1) is 9.59. The second-order valence-electron chi connectivity index (χ2n) is 4.29. The fourth-order valence-corrected chi connectivity index (χ4v) is 2.17. The van der Waals surface area contributed by atoms with Crippen molar-refractivity contribution in [1.82, 2.24) is 9.80 Å². The topological polar surface area (TPSA) is 32.5 Å². The maximum absolute atomic E-state index is 5.82. The summed E-state index contributed by atoms with van der Waals surface area (Å²) in [6.07, 6.45) is 8.73. The number of nitrogens with two attached hydrogens (primary N) is 1. The molecule has 0 aromatic rings. The molecule has 2 aliphatic rings. The lowest BCUT2D eigenvalue weighted by Crippen LogP contribution is -2.43. The second kappa shape index (κ2) is 4.05. The van der Waals surface area contributed by atoms with Gasteiger partial charge in [-0.2, -0.15) is 0 Å². The highest BCUT2D eigenvalue weighted by atomic mass is 15.2. The molecule has 0 aliphatic carbocycles. The Labute approximate surface area is 85.9 Å². The summed E-state index contributed by atoms with van der Waals surface area (Å²) in [7, 11) is 2.19. The molecule has 0 unspecified atom stereocenters. The molecule has 14 heavy (non-hydrogen) atoms. The molecule has 0 amide bonds. The van der Waals surface area contributed by atoms with Crippen LogP contribution in [0.2, 0.25) is 0 Å². The Morgan fingerprint density at radius 2 is 2.07 bits per heavy atom. The SMILES string of the molecule is CN1CCC(N2C=CC=C(N)C2)CC1. The normalized spacial score (nSPS) is 25.2. The van der Waals surface area contributed by atoms with Gasteiger partial charge < -0.3 is 15.5 Å². The van der Waals surface area contributed by atoms with Crippen LogP contribution in [0.25, 0.3) is 0 Å². The maximum atomic E-state index is 5.82. The molecule has 3 nitrogen and oxygen atoms in total. The fraction of sp³-hybridized carbons (Fsp3) is 0.636. The Morgan fingerprint density at radius 1 is 1.36 bits per heavy atom. The van der Waals surface area contributed by atoms with Crippen LogP contribution >= 0.6 is 0 Å². The molecular formula is C11H19N3. The molecule has 0 radical (unpaired) electrons. The predicted octanol–water partition coefficient (Wildman–Crippen LogP) is 0.753. The average Bonchev–Trinajstić information content (AvgIpc) is 2.19. The van der Waals surface area contributed by atoms with E-state index in [9.17, 15) is 0 Å². The number of nitrogens with zero attached hydrogens (tertiary/aromatic N) is 2. The van der Waals surface area contributed by atoms with Gasteiger partial charge in [0, 0.05) is 11.7 Å². The molecule has 3 heteroatoms. The molecule has 0 bridgehead atoms. The van der Waals surface area contributed by atoms with Gasteiger partial charge in [-0.1, -0.05) is 0 Å². The molecule has 0 aromatic heterocycles. The molecule has 2 heterocycles. The van der Waals surface area contributed by atoms with E-state index in [2.05, 4.69) is 29.1 Å². The van der Waals surface area contributed by atoms with Crippen LogP contribution in [-0.4, -0.2) is 42.5 Å². The first-order chi connectivity index (χ1) is 6.75. The van der Waals surface area contributed by atoms with Gasteiger partial charge in [-0.3, -0.25) is 0 Å². The van der Waals surface area contributed by atoms with E-state index in [0.717, 1.165) is 12.2 Å². The van der Waals surface area contributed by atoms with Crippen molar-refractivity contribution in [3.63, 3.8) is 0 Å². The Balaban J connectivity index is 1.90. The summed E-state index contributed by atoms with van der Waals surface area (Å²) in [6, 6.07) is 0.690. The second-order valence-corrected chi connectivity index (χ2v) is 4.29. The Kier molecular flexibility index (Phi) is 2.77. The van der Waals surface area contributed by atoms with E-state index in [1.54, 1.807) is 0 Å². The lowest BCUT2D eigenvalue weighted by Gasteiger charge is -2.37. The summed E-state index contributed by atoms with van der Waals surface area (Å²) in [6.45, 7) is 3.32. The van der Waals surface area contributed by atoms with Crippen LogP contribution in [0.15, 0.2) is 24.0 Å². The van der Waals surface area contributed by atoms with Crippen molar-refractivity contribution in [3.8, 4) is 0 Å². The maximum Gasteiger partial charge on any atom is 0.0572 e. The molecule has 0 saturated carbocycles. The lowest BCUT2D eigenvalue weighted by molar-refractivity contribution is 0.166. The number of hydrogen-bond acceptors (Lipinski definition) is 3. The van der Waals surface area contributed by atoms with Crippen LogP contribution in [0.3, 0.4) is 0 Å². The van der Waals surface area contributed by atoms with Crippen LogP contribution in [0.4, 0.5) is 0 Å². The van der Waals surface area contributed by atoms with Gasteiger partial charge >= 0.3 is 0 Å². The summed E-state index contributed by atoms with van der Waals surface area (Å²) < 4.78 is 0. The van der Waals surface area contributed by atoms with Crippen molar-refractivity contribution < 1.29 is 0 Å². The van der Waals surface area contributed by atoms with E-state index in [-0.39, 0.29) is 0 Å². The molecule has 2 aliphatic heterocycles. The molecule has 2 N–H and O–H groups in total. The van der Waals surface area contributed by atoms with Crippen molar-refractivity contribution >= 4 is 0 Å². The number of hydrogen-bond donors (Lipinski definition) is 1. The van der Waals surface area contributed by atoms with E-state index in [0.29, 0.717) is 6.04 Å². The number of likely N-dealkylation sites (tertiary alicyclic amines) is 1. The standard InChI is InChI=1S/C11H19N3/c1-13-7-4-11(5-8-13)14-6-2-3-10(12)9-14/h2-3,6,11H,4-5,7-9,12H2,1H3. The number of rotatable bonds is 1. The van der Waals surface area contributed by atoms with Crippen molar-refractivity contribution in [2.45, 2.75) is 18.9 Å². The lowest BCUT2D eigenvalue weighted by atomic mass is 10.0. The van der Waals surface area contributed by atoms with Gasteiger partial charge in [0.1, 0.15) is 0 Å². The van der Waals surface area contributed by atoms with Gasteiger partial charge in [-0.15, -0.1) is 0 Å². The summed E-state index contributed by atoms with van der Waals surface area (Å²) in [5.41, 5.74) is 6.80. The van der Waals surface area contributed by atoms with Crippen LogP contribution in [0.5, 0.6) is 0 Å². The first-order valence-electron chi connectivity index (χ1n) is 5.33. The minimum absolute atomic E-state index is 0.690. The zero-order valence-corrected chi connectivity index (χ0v) is 8.82. The predicted molar refractivity (Wildman–Crippen MR) is 58.6 cm³/mol. The summed E-state index contributed by atoms with van der Waals surface area (Å²) in [5, 5.41) is 0. The third kappa shape index (κ3) is 2.10. The van der Waals surface area contributed by atoms with Crippen LogP contribution < -0.4 is 5.73 Å². The fourth-order valence-electron chi connectivity index (χ4n) is 2.17. The third-order valence-electron chi connectivity index (χ3n) is 3.11. The van der Waals surface area contributed by atoms with Gasteiger partial charge in [0.15, 0.2) is 0 Å². The highest BCUT2D eigenvalue weighted by molar-refractivity contribution is 5.16. The molecule has 0 spiro atoms. The Bertz CT molecular complexity index is 249. The summed E-state index contributed by atoms with van der Waals surface area (Å²) in [5.74, 6) is 0. The van der Waals surface area contributed by atoms with Crippen molar-refractivity contribution in [2.24, 2.45) is 5.73 Å². The summed E-state index contributed by atoms with van der Waals surface area (Å²) >= 11 is 0. The van der Waals surface area contributed by atoms with Gasteiger partial charge in [0.05, 0.1) is 6.54 Å². The summed E-state index contributed by atoms with van der Waals surface area (Å²) in [4.78, 5) is 4.77. The molecule has 78 valence electrons. The minimum Gasteiger partial charge on any atom is -0.401 e. The van der Waals surface area contributed by atoms with Crippen molar-refractivity contribution in [2.75, 3.05) is 26.7 Å². The molecule has 2 rings (SSSR count). The zero-order chi connectivity index (χ0) is 9.97. The third-order valence-corrected chi connectivity index (χ3v) is 3.11. The van der Waals surface area contributed by atoms with Crippen LogP contribution in [-0.2, 0) is 0 Å². The van der Waals surface area contributed by atoms with E-state index in [1.807, 2.05) is 6.08 Å². The van der Waals surface area contributed by atoms with Gasteiger partial charge in [0.25, 0.3) is 0 Å². The molecule has 1 saturated heterocycles. The first-order valence-corrected chi connectivity index (χ1v) is 5.33. The molecule has 1 fully saturated rings. The molecule has 0 atom stereocenters. The quantitative estimate of drug-likeness (QED) is 0.667. The van der Waals surface area contributed by atoms with E-state index >= 15 is 0 Å². The average molecular weight is 193 g/mol. The van der Waals surface area contributed by atoms with Crippen molar-refractivity contribution in [1.29, 1.82) is 0 Å². The van der Waals surface area contributed by atoms with Crippen molar-refractivity contribution in [3.05, 3.63) is 24.0 Å². The molecule has 0 aromatic carbocycles. The van der Waals surface area contributed by atoms with Crippen LogP contribution in [0.1, 0.15) is 12.8 Å². The van der Waals surface area contributed by atoms with E-state index < -0.39 is 0 Å². The highest BCUT2D eigenvalue weighted by Gasteiger charge is 2.21. The monoisotopic (exact) mass is 193 g/mol. The highest BCUT2D eigenvalue weighted by Crippen LogP contribution is 2.18. The number of piperidine rings is 1.